The van der Waals surface area contributed by atoms with Gasteiger partial charge < -0.3 is 15.8 Å². The van der Waals surface area contributed by atoms with E-state index in [-0.39, 0.29) is 17.4 Å². The molecule has 0 saturated carbocycles. The van der Waals surface area contributed by atoms with Gasteiger partial charge in [0.25, 0.3) is 0 Å². The Labute approximate surface area is 128 Å². The molecule has 1 unspecified atom stereocenters. The normalized spacial score (nSPS) is 13.0. The smallest absolute Gasteiger partial charge is 0.222 e. The summed E-state index contributed by atoms with van der Waals surface area (Å²) in [6.45, 7) is 5.33. The highest BCUT2D eigenvalue weighted by molar-refractivity contribution is 5.76. The summed E-state index contributed by atoms with van der Waals surface area (Å²) in [5.74, 6) is -0.00509. The molecule has 4 heteroatoms. The van der Waals surface area contributed by atoms with Crippen LogP contribution in [0.2, 0.25) is 0 Å². The van der Waals surface area contributed by atoms with Crippen LogP contribution >= 0.6 is 0 Å². The molecule has 1 aromatic carbocycles. The molecule has 118 valence electrons. The Hall–Kier alpha value is -1.39. The van der Waals surface area contributed by atoms with E-state index < -0.39 is 0 Å². The first-order valence-corrected chi connectivity index (χ1v) is 7.67. The lowest BCUT2D eigenvalue weighted by atomic mass is 9.76. The van der Waals surface area contributed by atoms with Gasteiger partial charge >= 0.3 is 0 Å². The van der Waals surface area contributed by atoms with Gasteiger partial charge in [-0.25, -0.2) is 0 Å². The van der Waals surface area contributed by atoms with E-state index in [1.54, 1.807) is 7.11 Å². The number of hydrogen-bond acceptors (Lipinski definition) is 3. The highest BCUT2D eigenvalue weighted by Crippen LogP contribution is 2.30. The number of ether oxygens (including phenoxy) is 1. The Morgan fingerprint density at radius 2 is 1.90 bits per heavy atom. The number of methoxy groups -OCH3 is 1. The van der Waals surface area contributed by atoms with Gasteiger partial charge in [-0.1, -0.05) is 44.2 Å². The van der Waals surface area contributed by atoms with Gasteiger partial charge in [-0.2, -0.15) is 0 Å². The summed E-state index contributed by atoms with van der Waals surface area (Å²) in [5, 5.41) is 3.05. The lowest BCUT2D eigenvalue weighted by Gasteiger charge is -2.33. The van der Waals surface area contributed by atoms with Crippen LogP contribution in [0, 0.1) is 0 Å². The maximum atomic E-state index is 12.0. The summed E-state index contributed by atoms with van der Waals surface area (Å²) < 4.78 is 5.15. The third kappa shape index (κ3) is 4.83. The summed E-state index contributed by atoms with van der Waals surface area (Å²) in [6, 6.07) is 10.4. The fraction of sp³-hybridized carbons (Fsp3) is 0.588. The number of carbonyl (C=O) groups is 1. The Kier molecular flexibility index (Phi) is 7.40. The predicted octanol–water partition coefficient (Wildman–Crippen LogP) is 2.22. The molecule has 1 atom stereocenters. The van der Waals surface area contributed by atoms with Crippen molar-refractivity contribution < 1.29 is 9.53 Å². The van der Waals surface area contributed by atoms with Crippen LogP contribution in [0.15, 0.2) is 30.3 Å². The van der Waals surface area contributed by atoms with E-state index in [0.717, 1.165) is 12.8 Å². The van der Waals surface area contributed by atoms with Crippen molar-refractivity contribution in [3.63, 3.8) is 0 Å². The third-order valence-electron chi connectivity index (χ3n) is 4.37. The zero-order valence-electron chi connectivity index (χ0n) is 13.4. The van der Waals surface area contributed by atoms with Crippen molar-refractivity contribution >= 4 is 5.91 Å². The molecular formula is C17H28N2O2. The van der Waals surface area contributed by atoms with E-state index in [0.29, 0.717) is 19.5 Å². The minimum absolute atomic E-state index is 0.00509. The quantitative estimate of drug-likeness (QED) is 0.733. The Morgan fingerprint density at radius 3 is 2.38 bits per heavy atom. The number of carbonyl (C=O) groups excluding carboxylic acids is 1. The molecule has 1 aromatic rings. The van der Waals surface area contributed by atoms with Gasteiger partial charge in [0, 0.05) is 25.6 Å². The second-order valence-electron chi connectivity index (χ2n) is 5.43. The number of hydrogen-bond donors (Lipinski definition) is 2. The van der Waals surface area contributed by atoms with Crippen molar-refractivity contribution in [1.29, 1.82) is 0 Å². The minimum Gasteiger partial charge on any atom is -0.380 e. The predicted molar refractivity (Wildman–Crippen MR) is 86.2 cm³/mol. The van der Waals surface area contributed by atoms with Gasteiger partial charge in [-0.05, 0) is 18.4 Å². The van der Waals surface area contributed by atoms with E-state index in [9.17, 15) is 4.79 Å². The van der Waals surface area contributed by atoms with Crippen molar-refractivity contribution in [1.82, 2.24) is 5.32 Å². The number of nitrogens with one attached hydrogen (secondary N) is 1. The summed E-state index contributed by atoms with van der Waals surface area (Å²) >= 11 is 0. The Bertz CT molecular complexity index is 412. The molecule has 0 spiro atoms. The lowest BCUT2D eigenvalue weighted by molar-refractivity contribution is -0.123. The van der Waals surface area contributed by atoms with E-state index in [2.05, 4.69) is 31.3 Å². The number of nitrogens with two attached hydrogens (primary N) is 1. The standard InChI is InChI=1S/C17H28N2O2/c1-4-17(5-2,14-9-7-6-8-10-14)13-19-16(20)11-15(12-18)21-3/h6-10,15H,4-5,11-13,18H2,1-3H3,(H,19,20). The van der Waals surface area contributed by atoms with E-state index in [4.69, 9.17) is 10.5 Å². The SMILES string of the molecule is CCC(CC)(CNC(=O)CC(CN)OC)c1ccccc1. The van der Waals surface area contributed by atoms with Gasteiger partial charge in [-0.15, -0.1) is 0 Å². The van der Waals surface area contributed by atoms with E-state index >= 15 is 0 Å². The molecule has 0 heterocycles. The zero-order chi connectivity index (χ0) is 15.7. The fourth-order valence-corrected chi connectivity index (χ4v) is 2.61. The summed E-state index contributed by atoms with van der Waals surface area (Å²) in [7, 11) is 1.58. The molecule has 0 bridgehead atoms. The molecule has 1 rings (SSSR count). The van der Waals surface area contributed by atoms with E-state index in [1.807, 2.05) is 18.2 Å². The topological polar surface area (TPSA) is 64.4 Å². The second kappa shape index (κ2) is 8.80. The third-order valence-corrected chi connectivity index (χ3v) is 4.37. The highest BCUT2D eigenvalue weighted by Gasteiger charge is 2.28. The summed E-state index contributed by atoms with van der Waals surface area (Å²) in [6.07, 6.45) is 2.07. The van der Waals surface area contributed by atoms with Crippen molar-refractivity contribution in [2.24, 2.45) is 5.73 Å². The maximum absolute atomic E-state index is 12.0. The van der Waals surface area contributed by atoms with Gasteiger partial charge in [0.05, 0.1) is 12.5 Å². The van der Waals surface area contributed by atoms with Crippen LogP contribution in [0.4, 0.5) is 0 Å². The van der Waals surface area contributed by atoms with Crippen molar-refractivity contribution in [3.8, 4) is 0 Å². The first kappa shape index (κ1) is 17.7. The molecule has 0 aliphatic heterocycles. The summed E-state index contributed by atoms with van der Waals surface area (Å²) in [5.41, 5.74) is 6.82. The molecule has 0 fully saturated rings. The molecule has 3 N–H and O–H groups in total. The maximum Gasteiger partial charge on any atom is 0.222 e. The molecule has 0 aromatic heterocycles. The monoisotopic (exact) mass is 292 g/mol. The summed E-state index contributed by atoms with van der Waals surface area (Å²) in [4.78, 5) is 12.0. The number of benzene rings is 1. The lowest BCUT2D eigenvalue weighted by Crippen LogP contribution is -2.41. The van der Waals surface area contributed by atoms with Crippen LogP contribution in [0.5, 0.6) is 0 Å². The van der Waals surface area contributed by atoms with Gasteiger partial charge in [-0.3, -0.25) is 4.79 Å². The van der Waals surface area contributed by atoms with Crippen LogP contribution in [-0.4, -0.2) is 32.2 Å². The molecule has 0 radical (unpaired) electrons. The van der Waals surface area contributed by atoms with Crippen LogP contribution in [0.3, 0.4) is 0 Å². The van der Waals surface area contributed by atoms with Crippen LogP contribution in [-0.2, 0) is 14.9 Å². The van der Waals surface area contributed by atoms with Crippen molar-refractivity contribution in [2.75, 3.05) is 20.2 Å². The van der Waals surface area contributed by atoms with Crippen LogP contribution in [0.25, 0.3) is 0 Å². The first-order chi connectivity index (χ1) is 10.1. The Morgan fingerprint density at radius 1 is 1.29 bits per heavy atom. The highest BCUT2D eigenvalue weighted by atomic mass is 16.5. The molecule has 0 aliphatic rings. The van der Waals surface area contributed by atoms with Crippen LogP contribution in [0.1, 0.15) is 38.7 Å². The molecule has 1 amide bonds. The van der Waals surface area contributed by atoms with Gasteiger partial charge in [0.1, 0.15) is 0 Å². The van der Waals surface area contributed by atoms with Crippen LogP contribution < -0.4 is 11.1 Å². The fourth-order valence-electron chi connectivity index (χ4n) is 2.61. The second-order valence-corrected chi connectivity index (χ2v) is 5.43. The average Bonchev–Trinajstić information content (AvgIpc) is 2.55. The molecule has 0 saturated heterocycles. The number of rotatable bonds is 9. The zero-order valence-corrected chi connectivity index (χ0v) is 13.4. The number of amides is 1. The first-order valence-electron chi connectivity index (χ1n) is 7.67. The molecule has 0 aliphatic carbocycles. The van der Waals surface area contributed by atoms with Gasteiger partial charge in [0.15, 0.2) is 0 Å². The molecule has 21 heavy (non-hydrogen) atoms. The van der Waals surface area contributed by atoms with Crippen molar-refractivity contribution in [3.05, 3.63) is 35.9 Å². The molecular weight excluding hydrogens is 264 g/mol. The van der Waals surface area contributed by atoms with Gasteiger partial charge in [0.2, 0.25) is 5.91 Å². The van der Waals surface area contributed by atoms with E-state index in [1.165, 1.54) is 5.56 Å². The largest absolute Gasteiger partial charge is 0.380 e. The van der Waals surface area contributed by atoms with Crippen molar-refractivity contribution in [2.45, 2.75) is 44.6 Å². The molecule has 4 nitrogen and oxygen atoms in total. The average molecular weight is 292 g/mol. The Balaban J connectivity index is 2.70. The minimum atomic E-state index is -0.209.